The number of H-pyrrole nitrogens is 1. The highest BCUT2D eigenvalue weighted by atomic mass is 16.5. The van der Waals surface area contributed by atoms with Gasteiger partial charge in [0.25, 0.3) is 0 Å². The van der Waals surface area contributed by atoms with Crippen LogP contribution >= 0.6 is 0 Å². The van der Waals surface area contributed by atoms with Gasteiger partial charge in [-0.1, -0.05) is 6.08 Å². The van der Waals surface area contributed by atoms with E-state index in [-0.39, 0.29) is 17.6 Å². The summed E-state index contributed by atoms with van der Waals surface area (Å²) < 4.78 is 5.80. The molecule has 21 heavy (non-hydrogen) atoms. The number of carbonyl (C=O) groups is 1. The molecule has 0 saturated heterocycles. The van der Waals surface area contributed by atoms with Crippen molar-refractivity contribution in [1.82, 2.24) is 9.97 Å². The third kappa shape index (κ3) is 3.29. The van der Waals surface area contributed by atoms with E-state index in [0.717, 1.165) is 22.3 Å². The van der Waals surface area contributed by atoms with Gasteiger partial charge in [-0.15, -0.1) is 0 Å². The van der Waals surface area contributed by atoms with Crippen molar-refractivity contribution in [2.75, 3.05) is 0 Å². The van der Waals surface area contributed by atoms with Gasteiger partial charge in [-0.05, 0) is 38.8 Å². The molecule has 5 nitrogen and oxygen atoms in total. The smallest absolute Gasteiger partial charge is 0.225 e. The Hall–Kier alpha value is -2.61. The van der Waals surface area contributed by atoms with Crippen LogP contribution in [-0.4, -0.2) is 21.9 Å². The lowest BCUT2D eigenvalue weighted by Gasteiger charge is -2.11. The summed E-state index contributed by atoms with van der Waals surface area (Å²) in [5.41, 5.74) is 1.85. The standard InChI is InChI=1S/C16H17N3O2/c1-10(2)21-14-7-8-18-16-15(14)12(9-19-16)5-6-13(17-4)11(3)20/h6-10H,5H2,1-3H3,(H,18,19)/b13-6-. The van der Waals surface area contributed by atoms with Crippen LogP contribution in [0.1, 0.15) is 26.3 Å². The number of ether oxygens (including phenoxy) is 1. The van der Waals surface area contributed by atoms with Crippen molar-refractivity contribution in [3.8, 4) is 5.75 Å². The number of fused-ring (bicyclic) bond motifs is 1. The van der Waals surface area contributed by atoms with Gasteiger partial charge in [-0.2, -0.15) is 0 Å². The van der Waals surface area contributed by atoms with E-state index in [2.05, 4.69) is 14.8 Å². The minimum Gasteiger partial charge on any atom is -0.490 e. The van der Waals surface area contributed by atoms with E-state index in [9.17, 15) is 4.79 Å². The van der Waals surface area contributed by atoms with Crippen molar-refractivity contribution in [1.29, 1.82) is 0 Å². The van der Waals surface area contributed by atoms with Gasteiger partial charge >= 0.3 is 0 Å². The number of Topliss-reactive ketones (excluding diaryl/α,β-unsaturated/α-hetero) is 1. The molecule has 2 rings (SSSR count). The van der Waals surface area contributed by atoms with Crippen LogP contribution in [0.4, 0.5) is 0 Å². The number of hydrogen-bond acceptors (Lipinski definition) is 3. The van der Waals surface area contributed by atoms with Crippen molar-refractivity contribution in [2.45, 2.75) is 33.3 Å². The Labute approximate surface area is 123 Å². The zero-order chi connectivity index (χ0) is 15.4. The molecule has 0 aliphatic rings. The van der Waals surface area contributed by atoms with Crippen LogP contribution in [0.3, 0.4) is 0 Å². The van der Waals surface area contributed by atoms with E-state index >= 15 is 0 Å². The van der Waals surface area contributed by atoms with Crippen LogP contribution in [0.15, 0.2) is 30.2 Å². The van der Waals surface area contributed by atoms with Crippen LogP contribution in [0.25, 0.3) is 15.9 Å². The minimum absolute atomic E-state index is 0.0601. The number of aromatic amines is 1. The number of rotatable bonds is 5. The molecule has 0 saturated carbocycles. The van der Waals surface area contributed by atoms with Gasteiger partial charge in [0.1, 0.15) is 11.4 Å². The topological polar surface area (TPSA) is 59.3 Å². The Bertz CT molecular complexity index is 736. The van der Waals surface area contributed by atoms with Crippen LogP contribution in [0, 0.1) is 6.57 Å². The van der Waals surface area contributed by atoms with Crippen molar-refractivity contribution < 1.29 is 9.53 Å². The summed E-state index contributed by atoms with van der Waals surface area (Å²) in [6, 6.07) is 1.82. The second-order valence-corrected chi connectivity index (χ2v) is 4.97. The highest BCUT2D eigenvalue weighted by molar-refractivity contribution is 5.95. The summed E-state index contributed by atoms with van der Waals surface area (Å²) in [6.45, 7) is 12.3. The van der Waals surface area contributed by atoms with Crippen LogP contribution < -0.4 is 4.74 Å². The summed E-state index contributed by atoms with van der Waals surface area (Å²) in [6.07, 6.45) is 5.71. The number of allylic oxidation sites excluding steroid dienone is 2. The molecular formula is C16H17N3O2. The van der Waals surface area contributed by atoms with Crippen molar-refractivity contribution >= 4 is 16.8 Å². The van der Waals surface area contributed by atoms with Gasteiger partial charge < -0.3 is 14.5 Å². The number of nitrogens with one attached hydrogen (secondary N) is 1. The fourth-order valence-electron chi connectivity index (χ4n) is 2.08. The van der Waals surface area contributed by atoms with E-state index in [0.29, 0.717) is 6.42 Å². The predicted molar refractivity (Wildman–Crippen MR) is 80.9 cm³/mol. The maximum Gasteiger partial charge on any atom is 0.225 e. The summed E-state index contributed by atoms with van der Waals surface area (Å²) in [7, 11) is 0. The van der Waals surface area contributed by atoms with E-state index < -0.39 is 0 Å². The third-order valence-electron chi connectivity index (χ3n) is 2.98. The average Bonchev–Trinajstić information content (AvgIpc) is 2.83. The first-order valence-electron chi connectivity index (χ1n) is 6.73. The zero-order valence-electron chi connectivity index (χ0n) is 12.3. The van der Waals surface area contributed by atoms with E-state index in [1.54, 1.807) is 12.3 Å². The first-order valence-corrected chi connectivity index (χ1v) is 6.73. The molecule has 0 aliphatic carbocycles. The van der Waals surface area contributed by atoms with Gasteiger partial charge in [0.15, 0.2) is 5.78 Å². The number of pyridine rings is 1. The maximum atomic E-state index is 11.3. The van der Waals surface area contributed by atoms with Crippen molar-refractivity contribution in [2.24, 2.45) is 0 Å². The van der Waals surface area contributed by atoms with Gasteiger partial charge in [0.05, 0.1) is 18.1 Å². The molecule has 0 amide bonds. The molecule has 2 heterocycles. The molecular weight excluding hydrogens is 266 g/mol. The first kappa shape index (κ1) is 14.8. The van der Waals surface area contributed by atoms with Crippen molar-refractivity contribution in [3.05, 3.63) is 47.2 Å². The molecule has 0 unspecified atom stereocenters. The Morgan fingerprint density at radius 2 is 2.33 bits per heavy atom. The monoisotopic (exact) mass is 283 g/mol. The lowest BCUT2D eigenvalue weighted by Crippen LogP contribution is -2.06. The summed E-state index contributed by atoms with van der Waals surface area (Å²) in [5, 5.41) is 0.898. The number of hydrogen-bond donors (Lipinski definition) is 1. The highest BCUT2D eigenvalue weighted by Crippen LogP contribution is 2.28. The molecule has 108 valence electrons. The van der Waals surface area contributed by atoms with E-state index in [1.165, 1.54) is 6.92 Å². The number of carbonyl (C=O) groups excluding carboxylic acids is 1. The van der Waals surface area contributed by atoms with Gasteiger partial charge in [-0.25, -0.2) is 9.83 Å². The number of aromatic nitrogens is 2. The predicted octanol–water partition coefficient (Wildman–Crippen LogP) is 3.28. The maximum absolute atomic E-state index is 11.3. The first-order chi connectivity index (χ1) is 10.0. The average molecular weight is 283 g/mol. The lowest BCUT2D eigenvalue weighted by molar-refractivity contribution is -0.113. The molecule has 0 fully saturated rings. The Morgan fingerprint density at radius 3 is 2.95 bits per heavy atom. The zero-order valence-corrected chi connectivity index (χ0v) is 12.3. The quantitative estimate of drug-likeness (QED) is 0.676. The summed E-state index contributed by atoms with van der Waals surface area (Å²) in [4.78, 5) is 21.9. The second-order valence-electron chi connectivity index (χ2n) is 4.97. The molecule has 2 aromatic rings. The molecule has 5 heteroatoms. The van der Waals surface area contributed by atoms with Crippen molar-refractivity contribution in [3.63, 3.8) is 0 Å². The molecule has 0 radical (unpaired) electrons. The fourth-order valence-corrected chi connectivity index (χ4v) is 2.08. The fraction of sp³-hybridized carbons (Fsp3) is 0.312. The van der Waals surface area contributed by atoms with E-state index in [4.69, 9.17) is 11.3 Å². The van der Waals surface area contributed by atoms with Gasteiger partial charge in [0, 0.05) is 12.4 Å². The molecule has 0 spiro atoms. The largest absolute Gasteiger partial charge is 0.490 e. The van der Waals surface area contributed by atoms with Crippen LogP contribution in [0.5, 0.6) is 5.75 Å². The molecule has 0 aromatic carbocycles. The number of nitrogens with zero attached hydrogens (tertiary/aromatic N) is 2. The molecule has 0 aliphatic heterocycles. The molecule has 0 atom stereocenters. The number of ketones is 1. The van der Waals surface area contributed by atoms with Crippen LogP contribution in [0.2, 0.25) is 0 Å². The lowest BCUT2D eigenvalue weighted by atomic mass is 10.1. The highest BCUT2D eigenvalue weighted by Gasteiger charge is 2.12. The molecule has 2 aromatic heterocycles. The third-order valence-corrected chi connectivity index (χ3v) is 2.98. The molecule has 1 N–H and O–H groups in total. The molecule has 0 bridgehead atoms. The van der Waals surface area contributed by atoms with Gasteiger partial charge in [0.2, 0.25) is 5.70 Å². The van der Waals surface area contributed by atoms with Gasteiger partial charge in [-0.3, -0.25) is 0 Å². The normalized spacial score (nSPS) is 11.7. The Morgan fingerprint density at radius 1 is 1.57 bits per heavy atom. The second kappa shape index (κ2) is 6.23. The minimum atomic E-state index is -0.221. The summed E-state index contributed by atoms with van der Waals surface area (Å²) >= 11 is 0. The Balaban J connectivity index is 2.41. The van der Waals surface area contributed by atoms with E-state index in [1.807, 2.05) is 26.1 Å². The summed E-state index contributed by atoms with van der Waals surface area (Å²) in [5.74, 6) is 0.536. The SMILES string of the molecule is [C-]#[N+]/C(=C\Cc1c[nH]c2nccc(OC(C)C)c12)C(C)=O. The Kier molecular flexibility index (Phi) is 4.39. The van der Waals surface area contributed by atoms with Crippen LogP contribution in [-0.2, 0) is 11.2 Å².